The first kappa shape index (κ1) is 18.6. The van der Waals surface area contributed by atoms with Crippen LogP contribution in [0.25, 0.3) is 11.2 Å². The van der Waals surface area contributed by atoms with Crippen LogP contribution in [0.5, 0.6) is 0 Å². The standard InChI is InChI=1S/C20H22ClN7/c1-20(2,3)19-24-14(10-13-12(21)6-4-8-23-13)16-18(27-19)26-17(25-16)15-7-5-9-28(15)11-22/h4,6,8,15H,5,7,9-10H2,1-3H3,(H,24,25,26,27)/t15-/m1/s1. The third-order valence-electron chi connectivity index (χ3n) is 4.98. The molecule has 144 valence electrons. The van der Waals surface area contributed by atoms with E-state index in [9.17, 15) is 5.26 Å². The summed E-state index contributed by atoms with van der Waals surface area (Å²) in [6.45, 7) is 6.99. The van der Waals surface area contributed by atoms with Crippen molar-refractivity contribution in [3.05, 3.63) is 46.4 Å². The Balaban J connectivity index is 1.84. The second-order valence-electron chi connectivity index (χ2n) is 8.12. The molecule has 0 aliphatic carbocycles. The number of nitrogens with one attached hydrogen (secondary N) is 1. The van der Waals surface area contributed by atoms with Crippen LogP contribution in [0.15, 0.2) is 18.3 Å². The van der Waals surface area contributed by atoms with Gasteiger partial charge in [-0.05, 0) is 25.0 Å². The molecule has 4 heterocycles. The van der Waals surface area contributed by atoms with Gasteiger partial charge < -0.3 is 9.88 Å². The Hall–Kier alpha value is -2.72. The molecule has 4 rings (SSSR count). The first-order valence-corrected chi connectivity index (χ1v) is 9.77. The van der Waals surface area contributed by atoms with Crippen molar-refractivity contribution in [1.29, 1.82) is 5.26 Å². The fourth-order valence-corrected chi connectivity index (χ4v) is 3.66. The molecule has 0 spiro atoms. The zero-order chi connectivity index (χ0) is 19.9. The van der Waals surface area contributed by atoms with E-state index in [4.69, 9.17) is 26.6 Å². The number of imidazole rings is 1. The van der Waals surface area contributed by atoms with Gasteiger partial charge in [0.2, 0.25) is 0 Å². The quantitative estimate of drug-likeness (QED) is 0.675. The molecule has 1 aliphatic rings. The topological polar surface area (TPSA) is 94.4 Å². The zero-order valence-corrected chi connectivity index (χ0v) is 17.0. The Kier molecular flexibility index (Phi) is 4.68. The second kappa shape index (κ2) is 7.02. The molecule has 0 amide bonds. The van der Waals surface area contributed by atoms with Crippen molar-refractivity contribution >= 4 is 22.8 Å². The lowest BCUT2D eigenvalue weighted by molar-refractivity contribution is 0.362. The summed E-state index contributed by atoms with van der Waals surface area (Å²) in [6.07, 6.45) is 6.35. The van der Waals surface area contributed by atoms with Crippen molar-refractivity contribution < 1.29 is 0 Å². The van der Waals surface area contributed by atoms with E-state index in [0.29, 0.717) is 17.1 Å². The van der Waals surface area contributed by atoms with Gasteiger partial charge >= 0.3 is 0 Å². The number of likely N-dealkylation sites (tertiary alicyclic amines) is 1. The average Bonchev–Trinajstić information content (AvgIpc) is 3.28. The summed E-state index contributed by atoms with van der Waals surface area (Å²) in [7, 11) is 0. The third kappa shape index (κ3) is 3.40. The van der Waals surface area contributed by atoms with Gasteiger partial charge in [-0.3, -0.25) is 4.98 Å². The summed E-state index contributed by atoms with van der Waals surface area (Å²) in [6, 6.07) is 3.60. The highest BCUT2D eigenvalue weighted by atomic mass is 35.5. The normalized spacial score (nSPS) is 17.2. The maximum absolute atomic E-state index is 9.39. The van der Waals surface area contributed by atoms with E-state index in [1.165, 1.54) is 0 Å². The molecule has 28 heavy (non-hydrogen) atoms. The van der Waals surface area contributed by atoms with Gasteiger partial charge in [0.1, 0.15) is 17.2 Å². The molecule has 1 saturated heterocycles. The maximum atomic E-state index is 9.39. The Morgan fingerprint density at radius 1 is 1.29 bits per heavy atom. The lowest BCUT2D eigenvalue weighted by atomic mass is 9.95. The van der Waals surface area contributed by atoms with Gasteiger partial charge in [0.15, 0.2) is 11.8 Å². The third-order valence-corrected chi connectivity index (χ3v) is 5.33. The highest BCUT2D eigenvalue weighted by Crippen LogP contribution is 2.32. The van der Waals surface area contributed by atoms with Crippen molar-refractivity contribution in [2.45, 2.75) is 51.5 Å². The molecule has 0 saturated carbocycles. The lowest BCUT2D eigenvalue weighted by Crippen LogP contribution is -2.18. The van der Waals surface area contributed by atoms with Gasteiger partial charge in [0, 0.05) is 24.6 Å². The maximum Gasteiger partial charge on any atom is 0.181 e. The van der Waals surface area contributed by atoms with E-state index in [-0.39, 0.29) is 11.5 Å². The Morgan fingerprint density at radius 2 is 2.11 bits per heavy atom. The number of rotatable bonds is 3. The molecule has 0 bridgehead atoms. The van der Waals surface area contributed by atoms with Gasteiger partial charge in [-0.25, -0.2) is 15.0 Å². The van der Waals surface area contributed by atoms with Crippen LogP contribution in [0.2, 0.25) is 5.02 Å². The van der Waals surface area contributed by atoms with E-state index in [2.05, 4.69) is 36.9 Å². The van der Waals surface area contributed by atoms with Crippen LogP contribution >= 0.6 is 11.6 Å². The number of fused-ring (bicyclic) bond motifs is 1. The van der Waals surface area contributed by atoms with Gasteiger partial charge in [0.05, 0.1) is 22.5 Å². The molecule has 0 unspecified atom stereocenters. The molecular weight excluding hydrogens is 374 g/mol. The predicted octanol–water partition coefficient (Wildman–Crippen LogP) is 3.91. The van der Waals surface area contributed by atoms with Crippen molar-refractivity contribution in [2.75, 3.05) is 6.54 Å². The van der Waals surface area contributed by atoms with Crippen LogP contribution in [0, 0.1) is 11.5 Å². The predicted molar refractivity (Wildman–Crippen MR) is 107 cm³/mol. The van der Waals surface area contributed by atoms with Crippen molar-refractivity contribution in [2.24, 2.45) is 0 Å². The highest BCUT2D eigenvalue weighted by Gasteiger charge is 2.29. The molecule has 1 fully saturated rings. The van der Waals surface area contributed by atoms with Crippen LogP contribution in [0.3, 0.4) is 0 Å². The van der Waals surface area contributed by atoms with Crippen molar-refractivity contribution in [3.63, 3.8) is 0 Å². The minimum atomic E-state index is -0.220. The Morgan fingerprint density at radius 3 is 2.82 bits per heavy atom. The number of hydrogen-bond donors (Lipinski definition) is 1. The molecule has 8 heteroatoms. The fraction of sp³-hybridized carbons (Fsp3) is 0.450. The number of halogens is 1. The van der Waals surface area contributed by atoms with Gasteiger partial charge in [-0.1, -0.05) is 32.4 Å². The number of aromatic amines is 1. The van der Waals surface area contributed by atoms with E-state index < -0.39 is 0 Å². The first-order valence-electron chi connectivity index (χ1n) is 9.39. The molecule has 0 radical (unpaired) electrons. The van der Waals surface area contributed by atoms with Crippen LogP contribution in [0.4, 0.5) is 0 Å². The number of H-pyrrole nitrogens is 1. The molecule has 1 aliphatic heterocycles. The molecule has 3 aromatic heterocycles. The SMILES string of the molecule is CC(C)(C)c1nc(Cc2ncccc2Cl)c2[nH]c([C@H]3CCCN3C#N)nc2n1. The van der Waals surface area contributed by atoms with E-state index in [0.717, 1.165) is 47.9 Å². The minimum Gasteiger partial charge on any atom is -0.337 e. The van der Waals surface area contributed by atoms with Crippen LogP contribution in [-0.2, 0) is 11.8 Å². The van der Waals surface area contributed by atoms with Gasteiger partial charge in [0.25, 0.3) is 0 Å². The minimum absolute atomic E-state index is 0.0384. The number of nitrogens with zero attached hydrogens (tertiary/aromatic N) is 6. The number of nitriles is 1. The van der Waals surface area contributed by atoms with Crippen molar-refractivity contribution in [3.8, 4) is 6.19 Å². The highest BCUT2D eigenvalue weighted by molar-refractivity contribution is 6.31. The van der Waals surface area contributed by atoms with Gasteiger partial charge in [-0.15, -0.1) is 0 Å². The number of pyridine rings is 1. The van der Waals surface area contributed by atoms with Gasteiger partial charge in [-0.2, -0.15) is 5.26 Å². The lowest BCUT2D eigenvalue weighted by Gasteiger charge is -2.17. The molecule has 3 aromatic rings. The van der Waals surface area contributed by atoms with E-state index in [1.807, 2.05) is 12.1 Å². The number of hydrogen-bond acceptors (Lipinski definition) is 6. The number of aromatic nitrogens is 5. The Bertz CT molecular complexity index is 1060. The van der Waals surface area contributed by atoms with Crippen LogP contribution in [0.1, 0.15) is 62.7 Å². The monoisotopic (exact) mass is 395 g/mol. The fourth-order valence-electron chi connectivity index (χ4n) is 3.47. The first-order chi connectivity index (χ1) is 13.4. The summed E-state index contributed by atoms with van der Waals surface area (Å²) < 4.78 is 0. The average molecular weight is 396 g/mol. The van der Waals surface area contributed by atoms with E-state index >= 15 is 0 Å². The zero-order valence-electron chi connectivity index (χ0n) is 16.2. The van der Waals surface area contributed by atoms with Crippen LogP contribution in [-0.4, -0.2) is 36.4 Å². The summed E-state index contributed by atoms with van der Waals surface area (Å²) >= 11 is 6.33. The van der Waals surface area contributed by atoms with Crippen LogP contribution < -0.4 is 0 Å². The summed E-state index contributed by atoms with van der Waals surface area (Å²) in [5.74, 6) is 1.49. The molecular formula is C20H22ClN7. The molecule has 7 nitrogen and oxygen atoms in total. The summed E-state index contributed by atoms with van der Waals surface area (Å²) in [5, 5.41) is 10.00. The van der Waals surface area contributed by atoms with Crippen molar-refractivity contribution in [1.82, 2.24) is 29.8 Å². The largest absolute Gasteiger partial charge is 0.337 e. The molecule has 0 aromatic carbocycles. The second-order valence-corrected chi connectivity index (χ2v) is 8.53. The smallest absolute Gasteiger partial charge is 0.181 e. The molecule has 1 N–H and O–H groups in total. The van der Waals surface area contributed by atoms with E-state index in [1.54, 1.807) is 11.1 Å². The molecule has 1 atom stereocenters. The summed E-state index contributed by atoms with van der Waals surface area (Å²) in [4.78, 5) is 23.8. The Labute approximate surface area is 168 Å². The summed E-state index contributed by atoms with van der Waals surface area (Å²) in [5.41, 5.74) is 2.77.